The van der Waals surface area contributed by atoms with Gasteiger partial charge < -0.3 is 20.6 Å². The molecule has 3 heterocycles. The Morgan fingerprint density at radius 1 is 0.964 bits per heavy atom. The van der Waals surface area contributed by atoms with E-state index in [1.807, 2.05) is 18.5 Å². The zero-order valence-electron chi connectivity index (χ0n) is 15.5. The summed E-state index contributed by atoms with van der Waals surface area (Å²) in [5.41, 5.74) is 5.66. The second-order valence-corrected chi connectivity index (χ2v) is 6.84. The summed E-state index contributed by atoms with van der Waals surface area (Å²) in [7, 11) is 0. The van der Waals surface area contributed by atoms with Crippen LogP contribution >= 0.6 is 0 Å². The highest BCUT2D eigenvalue weighted by Gasteiger charge is 2.07. The van der Waals surface area contributed by atoms with Crippen molar-refractivity contribution in [2.75, 3.05) is 10.6 Å². The Morgan fingerprint density at radius 2 is 1.89 bits per heavy atom. The van der Waals surface area contributed by atoms with Crippen LogP contribution in [0.3, 0.4) is 0 Å². The first-order valence-electron chi connectivity index (χ1n) is 9.23. The fourth-order valence-corrected chi connectivity index (χ4v) is 3.45. The van der Waals surface area contributed by atoms with E-state index in [1.165, 1.54) is 16.5 Å². The van der Waals surface area contributed by atoms with Gasteiger partial charge in [0, 0.05) is 36.0 Å². The predicted octanol–water partition coefficient (Wildman–Crippen LogP) is 5.10. The van der Waals surface area contributed by atoms with Gasteiger partial charge in [-0.1, -0.05) is 12.1 Å². The number of hydrogen-bond acceptors (Lipinski definition) is 4. The fraction of sp³-hybridized carbons (Fsp3) is 0.0909. The molecule has 0 atom stereocenters. The first-order valence-corrected chi connectivity index (χ1v) is 9.23. The van der Waals surface area contributed by atoms with Crippen molar-refractivity contribution in [1.82, 2.24) is 19.9 Å². The van der Waals surface area contributed by atoms with E-state index in [0.29, 0.717) is 12.5 Å². The van der Waals surface area contributed by atoms with Gasteiger partial charge in [-0.2, -0.15) is 4.98 Å². The van der Waals surface area contributed by atoms with Crippen LogP contribution in [0.15, 0.2) is 67.1 Å². The second kappa shape index (κ2) is 6.74. The van der Waals surface area contributed by atoms with Gasteiger partial charge in [0.05, 0.1) is 11.2 Å². The summed E-state index contributed by atoms with van der Waals surface area (Å²) in [6.45, 7) is 2.79. The molecule has 0 radical (unpaired) electrons. The van der Waals surface area contributed by atoms with Gasteiger partial charge in [-0.15, -0.1) is 0 Å². The topological polar surface area (TPSA) is 81.4 Å². The smallest absolute Gasteiger partial charge is 0.229 e. The van der Waals surface area contributed by atoms with Gasteiger partial charge in [0.2, 0.25) is 5.95 Å². The normalized spacial score (nSPS) is 11.2. The molecule has 0 saturated carbocycles. The lowest BCUT2D eigenvalue weighted by atomic mass is 10.1. The SMILES string of the molecule is Cc1ccc(Nc2nccc(NCc3ccc4[nH]ccc4c3)n2)c2cc[nH]c12. The highest BCUT2D eigenvalue weighted by atomic mass is 15.1. The summed E-state index contributed by atoms with van der Waals surface area (Å²) in [5, 5.41) is 9.05. The summed E-state index contributed by atoms with van der Waals surface area (Å²) in [4.78, 5) is 15.5. The van der Waals surface area contributed by atoms with Gasteiger partial charge in [-0.05, 0) is 59.8 Å². The minimum absolute atomic E-state index is 0.567. The van der Waals surface area contributed by atoms with Crippen molar-refractivity contribution in [3.63, 3.8) is 0 Å². The zero-order chi connectivity index (χ0) is 18.9. The lowest BCUT2D eigenvalue weighted by Crippen LogP contribution is -2.04. The summed E-state index contributed by atoms with van der Waals surface area (Å²) in [5.74, 6) is 1.35. The first kappa shape index (κ1) is 16.4. The number of benzene rings is 2. The van der Waals surface area contributed by atoms with Crippen LogP contribution in [0.2, 0.25) is 0 Å². The fourth-order valence-electron chi connectivity index (χ4n) is 3.45. The number of aromatic amines is 2. The molecule has 0 amide bonds. The molecule has 0 bridgehead atoms. The standard InChI is InChI=1S/C22H20N6/c1-14-2-4-19(17-7-10-24-21(14)17)27-22-25-11-8-20(28-22)26-13-15-3-5-18-16(12-15)6-9-23-18/h2-12,23-24H,13H2,1H3,(H2,25,26,27,28). The first-order chi connectivity index (χ1) is 13.8. The van der Waals surface area contributed by atoms with E-state index in [1.54, 1.807) is 6.20 Å². The van der Waals surface area contributed by atoms with Crippen LogP contribution in [0.1, 0.15) is 11.1 Å². The van der Waals surface area contributed by atoms with Crippen LogP contribution in [-0.2, 0) is 6.54 Å². The molecule has 138 valence electrons. The third-order valence-corrected chi connectivity index (χ3v) is 4.92. The van der Waals surface area contributed by atoms with E-state index in [4.69, 9.17) is 0 Å². The van der Waals surface area contributed by atoms with Crippen molar-refractivity contribution in [2.24, 2.45) is 0 Å². The minimum atomic E-state index is 0.567. The van der Waals surface area contributed by atoms with Gasteiger partial charge >= 0.3 is 0 Å². The molecule has 28 heavy (non-hydrogen) atoms. The average Bonchev–Trinajstić information content (AvgIpc) is 3.38. The van der Waals surface area contributed by atoms with Crippen LogP contribution in [0.25, 0.3) is 21.8 Å². The van der Waals surface area contributed by atoms with Crippen molar-refractivity contribution in [3.05, 3.63) is 78.2 Å². The number of rotatable bonds is 5. The molecule has 3 aromatic heterocycles. The quantitative estimate of drug-likeness (QED) is 0.348. The van der Waals surface area contributed by atoms with E-state index in [-0.39, 0.29) is 0 Å². The highest BCUT2D eigenvalue weighted by molar-refractivity contribution is 5.95. The number of hydrogen-bond donors (Lipinski definition) is 4. The Labute approximate surface area is 162 Å². The molecule has 0 spiro atoms. The second-order valence-electron chi connectivity index (χ2n) is 6.84. The number of aromatic nitrogens is 4. The number of nitrogens with zero attached hydrogens (tertiary/aromatic N) is 2. The molecule has 0 aliphatic carbocycles. The van der Waals surface area contributed by atoms with E-state index < -0.39 is 0 Å². The van der Waals surface area contributed by atoms with Crippen molar-refractivity contribution in [3.8, 4) is 0 Å². The zero-order valence-corrected chi connectivity index (χ0v) is 15.5. The lowest BCUT2D eigenvalue weighted by molar-refractivity contribution is 1.09. The maximum Gasteiger partial charge on any atom is 0.229 e. The van der Waals surface area contributed by atoms with Gasteiger partial charge in [0.1, 0.15) is 5.82 Å². The van der Waals surface area contributed by atoms with E-state index in [2.05, 4.69) is 80.0 Å². The number of nitrogens with one attached hydrogen (secondary N) is 4. The van der Waals surface area contributed by atoms with Crippen molar-refractivity contribution in [2.45, 2.75) is 13.5 Å². The molecular weight excluding hydrogens is 348 g/mol. The molecule has 6 heteroatoms. The number of H-pyrrole nitrogens is 2. The van der Waals surface area contributed by atoms with Gasteiger partial charge in [-0.25, -0.2) is 4.98 Å². The van der Waals surface area contributed by atoms with Crippen LogP contribution < -0.4 is 10.6 Å². The Balaban J connectivity index is 1.34. The average molecular weight is 368 g/mol. The third kappa shape index (κ3) is 3.05. The largest absolute Gasteiger partial charge is 0.366 e. The number of fused-ring (bicyclic) bond motifs is 2. The molecule has 4 N–H and O–H groups in total. The number of aryl methyl sites for hydroxylation is 1. The minimum Gasteiger partial charge on any atom is -0.366 e. The Hall–Kier alpha value is -3.80. The summed E-state index contributed by atoms with van der Waals surface area (Å²) >= 11 is 0. The molecule has 2 aromatic carbocycles. The monoisotopic (exact) mass is 368 g/mol. The highest BCUT2D eigenvalue weighted by Crippen LogP contribution is 2.27. The maximum absolute atomic E-state index is 4.60. The summed E-state index contributed by atoms with van der Waals surface area (Å²) in [6, 6.07) is 16.5. The molecule has 5 aromatic rings. The van der Waals surface area contributed by atoms with E-state index in [9.17, 15) is 0 Å². The maximum atomic E-state index is 4.60. The number of anilines is 3. The van der Waals surface area contributed by atoms with Crippen molar-refractivity contribution in [1.29, 1.82) is 0 Å². The van der Waals surface area contributed by atoms with Gasteiger partial charge in [0.15, 0.2) is 0 Å². The Morgan fingerprint density at radius 3 is 2.86 bits per heavy atom. The Kier molecular flexibility index (Phi) is 3.94. The van der Waals surface area contributed by atoms with Crippen LogP contribution in [0, 0.1) is 6.92 Å². The summed E-state index contributed by atoms with van der Waals surface area (Å²) in [6.07, 6.45) is 5.66. The van der Waals surface area contributed by atoms with Gasteiger partial charge in [-0.3, -0.25) is 0 Å². The molecular formula is C22H20N6. The molecule has 0 fully saturated rings. The van der Waals surface area contributed by atoms with Crippen molar-refractivity contribution < 1.29 is 0 Å². The molecule has 0 saturated heterocycles. The van der Waals surface area contributed by atoms with Gasteiger partial charge in [0.25, 0.3) is 0 Å². The van der Waals surface area contributed by atoms with Crippen LogP contribution in [0.5, 0.6) is 0 Å². The molecule has 0 aliphatic heterocycles. The van der Waals surface area contributed by atoms with Crippen LogP contribution in [0.4, 0.5) is 17.5 Å². The molecule has 5 rings (SSSR count). The molecule has 0 aliphatic rings. The van der Waals surface area contributed by atoms with E-state index >= 15 is 0 Å². The van der Waals surface area contributed by atoms with Crippen LogP contribution in [-0.4, -0.2) is 19.9 Å². The molecule has 6 nitrogen and oxygen atoms in total. The van der Waals surface area contributed by atoms with E-state index in [0.717, 1.165) is 27.9 Å². The lowest BCUT2D eigenvalue weighted by Gasteiger charge is -2.10. The Bertz CT molecular complexity index is 1270. The molecule has 0 unspecified atom stereocenters. The third-order valence-electron chi connectivity index (χ3n) is 4.92. The predicted molar refractivity (Wildman–Crippen MR) is 114 cm³/mol. The summed E-state index contributed by atoms with van der Waals surface area (Å²) < 4.78 is 0. The van der Waals surface area contributed by atoms with Crippen molar-refractivity contribution >= 4 is 39.3 Å².